The third kappa shape index (κ3) is 3.65. The van der Waals surface area contributed by atoms with Gasteiger partial charge >= 0.3 is 0 Å². The van der Waals surface area contributed by atoms with Crippen LogP contribution in [0.2, 0.25) is 0 Å². The van der Waals surface area contributed by atoms with Crippen LogP contribution in [0.1, 0.15) is 24.1 Å². The van der Waals surface area contributed by atoms with Crippen LogP contribution in [0.25, 0.3) is 0 Å². The second-order valence-corrected chi connectivity index (χ2v) is 6.29. The Hall–Kier alpha value is -0.910. The van der Waals surface area contributed by atoms with Crippen LogP contribution in [-0.2, 0) is 0 Å². The van der Waals surface area contributed by atoms with Crippen LogP contribution in [0.15, 0.2) is 45.3 Å². The van der Waals surface area contributed by atoms with Gasteiger partial charge in [-0.3, -0.25) is 0 Å². The van der Waals surface area contributed by atoms with Gasteiger partial charge in [-0.15, -0.1) is 0 Å². The summed E-state index contributed by atoms with van der Waals surface area (Å²) in [5.74, 6) is -0.0839. The predicted molar refractivity (Wildman–Crippen MR) is 90.3 cm³/mol. The molecule has 2 nitrogen and oxygen atoms in total. The molecule has 0 aromatic heterocycles. The molecule has 0 aliphatic heterocycles. The fourth-order valence-electron chi connectivity index (χ4n) is 2.24. The van der Waals surface area contributed by atoms with Crippen molar-refractivity contribution in [2.24, 2.45) is 0 Å². The molecule has 0 saturated heterocycles. The van der Waals surface area contributed by atoms with Gasteiger partial charge in [-0.05, 0) is 36.4 Å². The summed E-state index contributed by atoms with van der Waals surface area (Å²) >= 11 is 7.01. The molecule has 0 bridgehead atoms. The molecular weight excluding hydrogens is 401 g/mol. The molecule has 0 saturated carbocycles. The molecule has 2 aromatic rings. The smallest absolute Gasteiger partial charge is 0.170 e. The van der Waals surface area contributed by atoms with Gasteiger partial charge in [-0.1, -0.05) is 50.9 Å². The summed E-state index contributed by atoms with van der Waals surface area (Å²) in [6, 6.07) is 10.8. The molecule has 0 aliphatic carbocycles. The normalized spacial score (nSPS) is 12.2. The largest absolute Gasteiger partial charge is 0.494 e. The molecule has 0 amide bonds. The Kier molecular flexibility index (Phi) is 5.79. The first-order valence-electron chi connectivity index (χ1n) is 6.59. The predicted octanol–water partition coefficient (Wildman–Crippen LogP) is 5.06. The Labute approximate surface area is 141 Å². The Balaban J connectivity index is 2.56. The minimum absolute atomic E-state index is 0.251. The highest BCUT2D eigenvalue weighted by Gasteiger charge is 2.21. The molecular formula is C16H16Br2FNO. The molecule has 0 heterocycles. The summed E-state index contributed by atoms with van der Waals surface area (Å²) in [5, 5.41) is 3.33. The lowest BCUT2D eigenvalue weighted by atomic mass is 9.98. The Morgan fingerprint density at radius 1 is 1.19 bits per heavy atom. The van der Waals surface area contributed by atoms with E-state index in [0.717, 1.165) is 21.1 Å². The topological polar surface area (TPSA) is 21.3 Å². The number of ether oxygens (including phenoxy) is 1. The lowest BCUT2D eigenvalue weighted by Gasteiger charge is -2.22. The van der Waals surface area contributed by atoms with Gasteiger partial charge in [0.05, 0.1) is 13.2 Å². The van der Waals surface area contributed by atoms with Crippen molar-refractivity contribution in [2.75, 3.05) is 13.7 Å². The lowest BCUT2D eigenvalue weighted by Crippen LogP contribution is -2.23. The molecule has 112 valence electrons. The van der Waals surface area contributed by atoms with Crippen molar-refractivity contribution in [1.82, 2.24) is 5.32 Å². The third-order valence-corrected chi connectivity index (χ3v) is 4.42. The number of halogens is 3. The average Bonchev–Trinajstić information content (AvgIpc) is 2.48. The van der Waals surface area contributed by atoms with Crippen molar-refractivity contribution < 1.29 is 9.13 Å². The van der Waals surface area contributed by atoms with E-state index in [2.05, 4.69) is 37.2 Å². The molecule has 0 radical (unpaired) electrons. The molecule has 5 heteroatoms. The van der Waals surface area contributed by atoms with E-state index < -0.39 is 0 Å². The zero-order valence-electron chi connectivity index (χ0n) is 11.8. The zero-order chi connectivity index (χ0) is 15.4. The SMILES string of the molecule is CCNC(c1cc(Br)ccc1Br)c1cccc(OC)c1F. The number of benzene rings is 2. The fraction of sp³-hybridized carbons (Fsp3) is 0.250. The Morgan fingerprint density at radius 2 is 1.95 bits per heavy atom. The standard InChI is InChI=1S/C16H16Br2FNO/c1-3-20-16(12-9-10(17)7-8-13(12)18)11-5-4-6-14(21-2)15(11)19/h4-9,16,20H,3H2,1-2H3. The number of methoxy groups -OCH3 is 1. The summed E-state index contributed by atoms with van der Waals surface area (Å²) in [7, 11) is 1.47. The van der Waals surface area contributed by atoms with E-state index in [0.29, 0.717) is 5.56 Å². The van der Waals surface area contributed by atoms with Crippen LogP contribution in [0.4, 0.5) is 4.39 Å². The van der Waals surface area contributed by atoms with Crippen molar-refractivity contribution in [3.63, 3.8) is 0 Å². The van der Waals surface area contributed by atoms with Gasteiger partial charge in [0.15, 0.2) is 11.6 Å². The Morgan fingerprint density at radius 3 is 2.62 bits per heavy atom. The van der Waals surface area contributed by atoms with E-state index in [9.17, 15) is 4.39 Å². The summed E-state index contributed by atoms with van der Waals surface area (Å²) < 4.78 is 21.5. The molecule has 0 fully saturated rings. The van der Waals surface area contributed by atoms with Crippen LogP contribution in [-0.4, -0.2) is 13.7 Å². The van der Waals surface area contributed by atoms with Crippen molar-refractivity contribution in [3.05, 3.63) is 62.3 Å². The number of rotatable bonds is 5. The first-order valence-corrected chi connectivity index (χ1v) is 8.17. The van der Waals surface area contributed by atoms with E-state index in [-0.39, 0.29) is 17.6 Å². The van der Waals surface area contributed by atoms with E-state index in [1.54, 1.807) is 18.2 Å². The summed E-state index contributed by atoms with van der Waals surface area (Å²) in [5.41, 5.74) is 1.54. The van der Waals surface area contributed by atoms with Crippen molar-refractivity contribution in [2.45, 2.75) is 13.0 Å². The van der Waals surface area contributed by atoms with Crippen LogP contribution in [0, 0.1) is 5.82 Å². The molecule has 2 rings (SSSR count). The molecule has 2 aromatic carbocycles. The maximum atomic E-state index is 14.6. The molecule has 21 heavy (non-hydrogen) atoms. The molecule has 0 aliphatic rings. The monoisotopic (exact) mass is 415 g/mol. The van der Waals surface area contributed by atoms with Crippen LogP contribution < -0.4 is 10.1 Å². The lowest BCUT2D eigenvalue weighted by molar-refractivity contribution is 0.381. The Bertz CT molecular complexity index is 634. The maximum Gasteiger partial charge on any atom is 0.170 e. The van der Waals surface area contributed by atoms with Gasteiger partial charge in [0.25, 0.3) is 0 Å². The van der Waals surface area contributed by atoms with Crippen molar-refractivity contribution in [3.8, 4) is 5.75 Å². The molecule has 1 N–H and O–H groups in total. The second-order valence-electron chi connectivity index (χ2n) is 4.52. The first kappa shape index (κ1) is 16.5. The number of hydrogen-bond acceptors (Lipinski definition) is 2. The molecule has 1 atom stereocenters. The van der Waals surface area contributed by atoms with Crippen LogP contribution in [0.3, 0.4) is 0 Å². The van der Waals surface area contributed by atoms with Gasteiger partial charge in [-0.2, -0.15) is 0 Å². The van der Waals surface area contributed by atoms with Gasteiger partial charge in [0.2, 0.25) is 0 Å². The van der Waals surface area contributed by atoms with Crippen molar-refractivity contribution in [1.29, 1.82) is 0 Å². The summed E-state index contributed by atoms with van der Waals surface area (Å²) in [6.45, 7) is 2.72. The molecule has 1 unspecified atom stereocenters. The van der Waals surface area contributed by atoms with E-state index in [1.165, 1.54) is 7.11 Å². The number of hydrogen-bond donors (Lipinski definition) is 1. The highest BCUT2D eigenvalue weighted by Crippen LogP contribution is 2.34. The number of nitrogens with one attached hydrogen (secondary N) is 1. The quantitative estimate of drug-likeness (QED) is 0.735. The third-order valence-electron chi connectivity index (χ3n) is 3.20. The van der Waals surface area contributed by atoms with Crippen molar-refractivity contribution >= 4 is 31.9 Å². The van der Waals surface area contributed by atoms with Gasteiger partial charge < -0.3 is 10.1 Å². The van der Waals surface area contributed by atoms with Crippen LogP contribution in [0.5, 0.6) is 5.75 Å². The summed E-state index contributed by atoms with van der Waals surface area (Å²) in [6.07, 6.45) is 0. The van der Waals surface area contributed by atoms with Gasteiger partial charge in [-0.25, -0.2) is 4.39 Å². The van der Waals surface area contributed by atoms with E-state index in [4.69, 9.17) is 4.74 Å². The first-order chi connectivity index (χ1) is 10.1. The second kappa shape index (κ2) is 7.38. The minimum atomic E-state index is -0.335. The minimum Gasteiger partial charge on any atom is -0.494 e. The highest BCUT2D eigenvalue weighted by molar-refractivity contribution is 9.11. The van der Waals surface area contributed by atoms with Crippen LogP contribution >= 0.6 is 31.9 Å². The fourth-order valence-corrected chi connectivity index (χ4v) is 3.09. The van der Waals surface area contributed by atoms with E-state index in [1.807, 2.05) is 25.1 Å². The van der Waals surface area contributed by atoms with Gasteiger partial charge in [0, 0.05) is 14.5 Å². The summed E-state index contributed by atoms with van der Waals surface area (Å²) in [4.78, 5) is 0. The zero-order valence-corrected chi connectivity index (χ0v) is 15.0. The van der Waals surface area contributed by atoms with Gasteiger partial charge in [0.1, 0.15) is 0 Å². The average molecular weight is 417 g/mol. The molecule has 0 spiro atoms. The maximum absolute atomic E-state index is 14.6. The van der Waals surface area contributed by atoms with E-state index >= 15 is 0 Å². The highest BCUT2D eigenvalue weighted by atomic mass is 79.9.